The number of rotatable bonds is 5. The number of pyridine rings is 1. The van der Waals surface area contributed by atoms with Gasteiger partial charge in [0.25, 0.3) is 5.91 Å². The quantitative estimate of drug-likeness (QED) is 0.692. The van der Waals surface area contributed by atoms with Crippen molar-refractivity contribution >= 4 is 27.5 Å². The van der Waals surface area contributed by atoms with Crippen LogP contribution in [0, 0.1) is 6.92 Å². The lowest BCUT2D eigenvalue weighted by atomic mass is 10.2. The van der Waals surface area contributed by atoms with Crippen LogP contribution in [0.5, 0.6) is 0 Å². The number of amides is 1. The molecule has 3 rings (SSSR count). The Balaban J connectivity index is 1.63. The molecule has 0 saturated carbocycles. The molecule has 0 radical (unpaired) electrons. The molecule has 1 fully saturated rings. The van der Waals surface area contributed by atoms with E-state index in [9.17, 15) is 13.2 Å². The number of nitrogens with zero attached hydrogens (tertiary/aromatic N) is 3. The van der Waals surface area contributed by atoms with Gasteiger partial charge in [-0.05, 0) is 36.8 Å². The van der Waals surface area contributed by atoms with Gasteiger partial charge in [-0.3, -0.25) is 4.79 Å². The zero-order chi connectivity index (χ0) is 20.3. The second-order valence-electron chi connectivity index (χ2n) is 6.90. The van der Waals surface area contributed by atoms with E-state index in [1.807, 2.05) is 23.8 Å². The third kappa shape index (κ3) is 4.54. The molecule has 1 amide bonds. The fourth-order valence-corrected chi connectivity index (χ4v) is 4.78. The van der Waals surface area contributed by atoms with Crippen molar-refractivity contribution in [3.63, 3.8) is 0 Å². The number of hydrogen-bond donors (Lipinski definition) is 0. The molecule has 8 heteroatoms. The second kappa shape index (κ2) is 8.59. The predicted molar refractivity (Wildman–Crippen MR) is 108 cm³/mol. The molecule has 28 heavy (non-hydrogen) atoms. The van der Waals surface area contributed by atoms with Gasteiger partial charge in [-0.1, -0.05) is 18.5 Å². The Kier molecular flexibility index (Phi) is 6.37. The molecular weight excluding hydrogens is 398 g/mol. The summed E-state index contributed by atoms with van der Waals surface area (Å²) < 4.78 is 28.9. The van der Waals surface area contributed by atoms with E-state index in [-0.39, 0.29) is 30.4 Å². The summed E-state index contributed by atoms with van der Waals surface area (Å²) in [5.41, 5.74) is 2.20. The van der Waals surface area contributed by atoms with Crippen molar-refractivity contribution in [3.05, 3.63) is 58.9 Å². The number of sulfonamides is 1. The highest BCUT2D eigenvalue weighted by atomic mass is 35.5. The molecule has 0 aliphatic carbocycles. The monoisotopic (exact) mass is 422 g/mol. The molecule has 1 aromatic carbocycles. The first kappa shape index (κ1) is 20.8. The molecule has 2 aromatic rings. The van der Waals surface area contributed by atoms with Crippen LogP contribution in [0.3, 0.4) is 0 Å². The van der Waals surface area contributed by atoms with Gasteiger partial charge in [0, 0.05) is 49.8 Å². The van der Waals surface area contributed by atoms with Crippen molar-refractivity contribution in [1.29, 1.82) is 0 Å². The highest BCUT2D eigenvalue weighted by Gasteiger charge is 2.31. The van der Waals surface area contributed by atoms with Crippen molar-refractivity contribution in [1.82, 2.24) is 9.21 Å². The Labute approximate surface area is 171 Å². The first-order valence-electron chi connectivity index (χ1n) is 9.33. The maximum absolute atomic E-state index is 12.8. The summed E-state index contributed by atoms with van der Waals surface area (Å²) >= 11 is 5.84. The molecule has 0 spiro atoms. The number of aryl methyl sites for hydroxylation is 2. The molecule has 1 aromatic heterocycles. The Morgan fingerprint density at radius 2 is 1.71 bits per heavy atom. The van der Waals surface area contributed by atoms with Crippen molar-refractivity contribution < 1.29 is 17.8 Å². The number of aromatic nitrogens is 1. The van der Waals surface area contributed by atoms with Crippen LogP contribution in [0.1, 0.15) is 18.2 Å². The van der Waals surface area contributed by atoms with Crippen LogP contribution in [-0.2, 0) is 27.8 Å². The normalized spacial score (nSPS) is 15.6. The highest BCUT2D eigenvalue weighted by molar-refractivity contribution is 7.89. The maximum Gasteiger partial charge on any atom is 0.288 e. The van der Waals surface area contributed by atoms with E-state index in [1.54, 1.807) is 17.0 Å². The van der Waals surface area contributed by atoms with Gasteiger partial charge >= 0.3 is 0 Å². The van der Waals surface area contributed by atoms with E-state index >= 15 is 0 Å². The maximum atomic E-state index is 12.8. The zero-order valence-electron chi connectivity index (χ0n) is 16.1. The lowest BCUT2D eigenvalue weighted by Crippen LogP contribution is -2.54. The third-order valence-electron chi connectivity index (χ3n) is 5.07. The smallest absolute Gasteiger partial charge is 0.288 e. The molecule has 0 unspecified atom stereocenters. The van der Waals surface area contributed by atoms with Crippen molar-refractivity contribution in [3.8, 4) is 0 Å². The molecule has 1 saturated heterocycles. The van der Waals surface area contributed by atoms with E-state index in [0.717, 1.165) is 12.1 Å². The number of carbonyl (C=O) groups excluding carboxylic acids is 1. The van der Waals surface area contributed by atoms with Crippen molar-refractivity contribution in [2.24, 2.45) is 0 Å². The van der Waals surface area contributed by atoms with E-state index < -0.39 is 10.0 Å². The minimum atomic E-state index is -3.57. The lowest BCUT2D eigenvalue weighted by molar-refractivity contribution is -0.691. The van der Waals surface area contributed by atoms with E-state index in [1.165, 1.54) is 22.0 Å². The topological polar surface area (TPSA) is 61.6 Å². The summed E-state index contributed by atoms with van der Waals surface area (Å²) in [6.45, 7) is 5.67. The van der Waals surface area contributed by atoms with Gasteiger partial charge in [0.05, 0.1) is 4.90 Å². The van der Waals surface area contributed by atoms with Crippen LogP contribution >= 0.6 is 11.6 Å². The second-order valence-corrected chi connectivity index (χ2v) is 9.27. The molecule has 2 heterocycles. The predicted octanol–water partition coefficient (Wildman–Crippen LogP) is 2.03. The summed E-state index contributed by atoms with van der Waals surface area (Å²) in [4.78, 5) is 14.7. The number of halogens is 1. The molecule has 0 bridgehead atoms. The molecule has 1 aliphatic heterocycles. The Morgan fingerprint density at radius 1 is 1.07 bits per heavy atom. The van der Waals surface area contributed by atoms with Gasteiger partial charge in [-0.2, -0.15) is 8.87 Å². The minimum Gasteiger partial charge on any atom is -0.335 e. The Hall–Kier alpha value is -1.96. The minimum absolute atomic E-state index is 0.00453. The van der Waals surface area contributed by atoms with Crippen LogP contribution in [0.4, 0.5) is 0 Å². The number of piperazine rings is 1. The van der Waals surface area contributed by atoms with Gasteiger partial charge in [-0.15, -0.1) is 0 Å². The number of benzene rings is 1. The standard InChI is InChI=1S/C20H25ClN3O3S/c1-3-17-5-4-16(2)23(14-17)15-20(25)22-10-12-24(13-11-22)28(26,27)19-8-6-18(21)7-9-19/h4-9,14H,3,10-13,15H2,1-2H3/q+1. The molecule has 6 nitrogen and oxygen atoms in total. The first-order chi connectivity index (χ1) is 13.3. The van der Waals surface area contributed by atoms with Gasteiger partial charge in [-0.25, -0.2) is 8.42 Å². The van der Waals surface area contributed by atoms with Gasteiger partial charge in [0.2, 0.25) is 16.6 Å². The van der Waals surface area contributed by atoms with Gasteiger partial charge in [0.15, 0.2) is 11.9 Å². The van der Waals surface area contributed by atoms with Crippen molar-refractivity contribution in [2.75, 3.05) is 26.2 Å². The zero-order valence-corrected chi connectivity index (χ0v) is 17.7. The Bertz CT molecular complexity index is 953. The van der Waals surface area contributed by atoms with Crippen LogP contribution in [0.25, 0.3) is 0 Å². The summed E-state index contributed by atoms with van der Waals surface area (Å²) in [5.74, 6) is 0.00453. The molecule has 0 N–H and O–H groups in total. The highest BCUT2D eigenvalue weighted by Crippen LogP contribution is 2.20. The summed E-state index contributed by atoms with van der Waals surface area (Å²) in [5, 5.41) is 0.495. The molecule has 0 atom stereocenters. The summed E-state index contributed by atoms with van der Waals surface area (Å²) in [6, 6.07) is 10.2. The molecule has 1 aliphatic rings. The largest absolute Gasteiger partial charge is 0.335 e. The van der Waals surface area contributed by atoms with E-state index in [0.29, 0.717) is 18.1 Å². The van der Waals surface area contributed by atoms with Crippen LogP contribution < -0.4 is 4.57 Å². The number of carbonyl (C=O) groups is 1. The lowest BCUT2D eigenvalue weighted by Gasteiger charge is -2.33. The van der Waals surface area contributed by atoms with E-state index in [2.05, 4.69) is 13.0 Å². The molecular formula is C20H25ClN3O3S+. The Morgan fingerprint density at radius 3 is 2.32 bits per heavy atom. The third-order valence-corrected chi connectivity index (χ3v) is 7.23. The van der Waals surface area contributed by atoms with Crippen LogP contribution in [0.15, 0.2) is 47.5 Å². The summed E-state index contributed by atoms with van der Waals surface area (Å²) in [7, 11) is -3.57. The van der Waals surface area contributed by atoms with Crippen molar-refractivity contribution in [2.45, 2.75) is 31.7 Å². The average Bonchev–Trinajstić information content (AvgIpc) is 2.70. The van der Waals surface area contributed by atoms with Crippen LogP contribution in [0.2, 0.25) is 5.02 Å². The first-order valence-corrected chi connectivity index (χ1v) is 11.2. The van der Waals surface area contributed by atoms with Gasteiger partial charge < -0.3 is 4.90 Å². The van der Waals surface area contributed by atoms with Gasteiger partial charge in [0.1, 0.15) is 0 Å². The SMILES string of the molecule is CCc1ccc(C)[n+](CC(=O)N2CCN(S(=O)(=O)c3ccc(Cl)cc3)CC2)c1. The summed E-state index contributed by atoms with van der Waals surface area (Å²) in [6.07, 6.45) is 2.92. The van der Waals surface area contributed by atoms with E-state index in [4.69, 9.17) is 11.6 Å². The fourth-order valence-electron chi connectivity index (χ4n) is 3.23. The molecule has 150 valence electrons. The van der Waals surface area contributed by atoms with Crippen LogP contribution in [-0.4, -0.2) is 49.7 Å². The number of hydrogen-bond acceptors (Lipinski definition) is 3. The fraction of sp³-hybridized carbons (Fsp3) is 0.400. The average molecular weight is 423 g/mol.